The summed E-state index contributed by atoms with van der Waals surface area (Å²) in [6, 6.07) is 0. The van der Waals surface area contributed by atoms with Gasteiger partial charge in [0.25, 0.3) is 0 Å². The zero-order chi connectivity index (χ0) is 8.10. The molecule has 0 N–H and O–H groups in total. The fourth-order valence-electron chi connectivity index (χ4n) is 1.61. The van der Waals surface area contributed by atoms with E-state index in [9.17, 15) is 0 Å². The Kier molecular flexibility index (Phi) is 3.47. The van der Waals surface area contributed by atoms with Crippen molar-refractivity contribution in [2.24, 2.45) is 0 Å². The van der Waals surface area contributed by atoms with Crippen LogP contribution in [-0.4, -0.2) is 18.0 Å². The number of nitrogens with zero attached hydrogens (tertiary/aromatic N) is 1. The fraction of sp³-hybridized carbons (Fsp3) is 0.800. The minimum absolute atomic E-state index is 1.11. The van der Waals surface area contributed by atoms with Crippen molar-refractivity contribution in [3.05, 3.63) is 12.3 Å². The van der Waals surface area contributed by atoms with Crippen molar-refractivity contribution in [3.63, 3.8) is 0 Å². The molecule has 1 aliphatic rings. The van der Waals surface area contributed by atoms with Gasteiger partial charge in [-0.1, -0.05) is 26.3 Å². The highest BCUT2D eigenvalue weighted by Gasteiger charge is 2.08. The van der Waals surface area contributed by atoms with Gasteiger partial charge >= 0.3 is 0 Å². The number of likely N-dealkylation sites (tertiary alicyclic amines) is 1. The van der Waals surface area contributed by atoms with E-state index in [0.717, 1.165) is 6.42 Å². The smallest absolute Gasteiger partial charge is 0.0174 e. The van der Waals surface area contributed by atoms with Crippen LogP contribution in [-0.2, 0) is 0 Å². The molecule has 0 spiro atoms. The molecular formula is C10H19N. The molecule has 0 radical (unpaired) electrons. The molecule has 0 aromatic rings. The average molecular weight is 153 g/mol. The first-order valence-corrected chi connectivity index (χ1v) is 4.77. The summed E-state index contributed by atoms with van der Waals surface area (Å²) in [7, 11) is 0. The third-order valence-electron chi connectivity index (χ3n) is 2.46. The summed E-state index contributed by atoms with van der Waals surface area (Å²) < 4.78 is 0. The zero-order valence-electron chi connectivity index (χ0n) is 7.60. The van der Waals surface area contributed by atoms with Gasteiger partial charge in [-0.3, -0.25) is 0 Å². The maximum Gasteiger partial charge on any atom is 0.0174 e. The highest BCUT2D eigenvalue weighted by Crippen LogP contribution is 2.14. The molecule has 1 saturated heterocycles. The van der Waals surface area contributed by atoms with E-state index >= 15 is 0 Å². The maximum absolute atomic E-state index is 4.06. The Morgan fingerprint density at radius 3 is 2.18 bits per heavy atom. The number of rotatable bonds is 2. The van der Waals surface area contributed by atoms with E-state index in [2.05, 4.69) is 18.4 Å². The number of hydrogen-bond donors (Lipinski definition) is 0. The molecule has 0 bridgehead atoms. The Labute approximate surface area is 70.1 Å². The molecule has 1 heterocycles. The first-order chi connectivity index (χ1) is 5.34. The van der Waals surface area contributed by atoms with Gasteiger partial charge < -0.3 is 4.90 Å². The van der Waals surface area contributed by atoms with Gasteiger partial charge in [-0.15, -0.1) is 0 Å². The Hall–Kier alpha value is -0.460. The molecule has 0 unspecified atom stereocenters. The van der Waals surface area contributed by atoms with Crippen molar-refractivity contribution < 1.29 is 0 Å². The number of hydrogen-bond acceptors (Lipinski definition) is 1. The molecule has 1 rings (SSSR count). The van der Waals surface area contributed by atoms with Gasteiger partial charge in [0.15, 0.2) is 0 Å². The lowest BCUT2D eigenvalue weighted by molar-refractivity contribution is 0.350. The summed E-state index contributed by atoms with van der Waals surface area (Å²) >= 11 is 0. The molecule has 0 saturated carbocycles. The summed E-state index contributed by atoms with van der Waals surface area (Å²) in [5, 5.41) is 0. The van der Waals surface area contributed by atoms with E-state index in [1.165, 1.54) is 44.5 Å². The summed E-state index contributed by atoms with van der Waals surface area (Å²) in [5.41, 5.74) is 1.33. The largest absolute Gasteiger partial charge is 0.375 e. The fourth-order valence-corrected chi connectivity index (χ4v) is 1.61. The van der Waals surface area contributed by atoms with Gasteiger partial charge in [0.1, 0.15) is 0 Å². The highest BCUT2D eigenvalue weighted by atomic mass is 15.1. The molecule has 64 valence electrons. The maximum atomic E-state index is 4.06. The first kappa shape index (κ1) is 8.63. The van der Waals surface area contributed by atoms with Crippen molar-refractivity contribution >= 4 is 0 Å². The Morgan fingerprint density at radius 1 is 1.18 bits per heavy atom. The SMILES string of the molecule is C=C(CC)N1CCCCCC1. The summed E-state index contributed by atoms with van der Waals surface area (Å²) in [5.74, 6) is 0. The molecule has 0 aliphatic carbocycles. The predicted molar refractivity (Wildman–Crippen MR) is 49.5 cm³/mol. The molecular weight excluding hydrogens is 134 g/mol. The standard InChI is InChI=1S/C10H19N/c1-3-10(2)11-8-6-4-5-7-9-11/h2-9H2,1H3. The Morgan fingerprint density at radius 2 is 1.73 bits per heavy atom. The predicted octanol–water partition coefficient (Wildman–Crippen LogP) is 2.79. The van der Waals surface area contributed by atoms with Crippen molar-refractivity contribution in [1.82, 2.24) is 4.90 Å². The van der Waals surface area contributed by atoms with Gasteiger partial charge in [-0.05, 0) is 19.3 Å². The van der Waals surface area contributed by atoms with E-state index in [4.69, 9.17) is 0 Å². The monoisotopic (exact) mass is 153 g/mol. The van der Waals surface area contributed by atoms with Crippen LogP contribution in [0, 0.1) is 0 Å². The topological polar surface area (TPSA) is 3.24 Å². The molecule has 0 amide bonds. The van der Waals surface area contributed by atoms with Gasteiger partial charge in [0, 0.05) is 18.8 Å². The van der Waals surface area contributed by atoms with Gasteiger partial charge in [-0.25, -0.2) is 0 Å². The Bertz CT molecular complexity index is 121. The molecule has 0 atom stereocenters. The molecule has 1 aliphatic heterocycles. The number of allylic oxidation sites excluding steroid dienone is 1. The van der Waals surface area contributed by atoms with Gasteiger partial charge in [-0.2, -0.15) is 0 Å². The van der Waals surface area contributed by atoms with Crippen LogP contribution < -0.4 is 0 Å². The molecule has 0 aromatic heterocycles. The lowest BCUT2D eigenvalue weighted by atomic mass is 10.2. The van der Waals surface area contributed by atoms with Gasteiger partial charge in [0.05, 0.1) is 0 Å². The quantitative estimate of drug-likeness (QED) is 0.589. The molecule has 11 heavy (non-hydrogen) atoms. The van der Waals surface area contributed by atoms with Crippen molar-refractivity contribution in [3.8, 4) is 0 Å². The van der Waals surface area contributed by atoms with Crippen molar-refractivity contribution in [2.45, 2.75) is 39.0 Å². The van der Waals surface area contributed by atoms with Crippen LogP contribution in [0.3, 0.4) is 0 Å². The summed E-state index contributed by atoms with van der Waals surface area (Å²) in [6.07, 6.45) is 6.65. The van der Waals surface area contributed by atoms with Crippen molar-refractivity contribution in [2.75, 3.05) is 13.1 Å². The normalized spacial score (nSPS) is 19.5. The molecule has 1 heteroatoms. The second-order valence-corrected chi connectivity index (χ2v) is 3.32. The second-order valence-electron chi connectivity index (χ2n) is 3.32. The summed E-state index contributed by atoms with van der Waals surface area (Å²) in [6.45, 7) is 8.74. The van der Waals surface area contributed by atoms with Crippen LogP contribution in [0.1, 0.15) is 39.0 Å². The third-order valence-corrected chi connectivity index (χ3v) is 2.46. The highest BCUT2D eigenvalue weighted by molar-refractivity contribution is 4.92. The van der Waals surface area contributed by atoms with Crippen LogP contribution in [0.2, 0.25) is 0 Å². The van der Waals surface area contributed by atoms with Crippen LogP contribution in [0.5, 0.6) is 0 Å². The van der Waals surface area contributed by atoms with Crippen LogP contribution >= 0.6 is 0 Å². The summed E-state index contributed by atoms with van der Waals surface area (Å²) in [4.78, 5) is 2.45. The van der Waals surface area contributed by atoms with Gasteiger partial charge in [0.2, 0.25) is 0 Å². The minimum atomic E-state index is 1.11. The van der Waals surface area contributed by atoms with Crippen LogP contribution in [0.25, 0.3) is 0 Å². The first-order valence-electron chi connectivity index (χ1n) is 4.77. The Balaban J connectivity index is 2.36. The lowest BCUT2D eigenvalue weighted by Gasteiger charge is -2.23. The average Bonchev–Trinajstić information content (AvgIpc) is 2.30. The second kappa shape index (κ2) is 4.42. The molecule has 1 fully saturated rings. The minimum Gasteiger partial charge on any atom is -0.375 e. The van der Waals surface area contributed by atoms with E-state index in [0.29, 0.717) is 0 Å². The van der Waals surface area contributed by atoms with Crippen LogP contribution in [0.4, 0.5) is 0 Å². The van der Waals surface area contributed by atoms with E-state index in [1.807, 2.05) is 0 Å². The molecule has 1 nitrogen and oxygen atoms in total. The zero-order valence-corrected chi connectivity index (χ0v) is 7.60. The van der Waals surface area contributed by atoms with E-state index in [-0.39, 0.29) is 0 Å². The molecule has 0 aromatic carbocycles. The third kappa shape index (κ3) is 2.57. The van der Waals surface area contributed by atoms with Crippen LogP contribution in [0.15, 0.2) is 12.3 Å². The van der Waals surface area contributed by atoms with E-state index < -0.39 is 0 Å². The van der Waals surface area contributed by atoms with Crippen molar-refractivity contribution in [1.29, 1.82) is 0 Å². The van der Waals surface area contributed by atoms with E-state index in [1.54, 1.807) is 0 Å². The lowest BCUT2D eigenvalue weighted by Crippen LogP contribution is -2.22.